The number of urea groups is 1. The van der Waals surface area contributed by atoms with Crippen molar-refractivity contribution in [1.82, 2.24) is 9.59 Å². The summed E-state index contributed by atoms with van der Waals surface area (Å²) in [5.41, 5.74) is 3.77. The first-order valence-electron chi connectivity index (χ1n) is 7.12. The minimum Gasteiger partial charge on any atom is -0.306 e. The fourth-order valence-corrected chi connectivity index (χ4v) is 3.53. The number of anilines is 2. The quantitative estimate of drug-likeness (QED) is 0.743. The molecular formula is C16H14N4OS. The van der Waals surface area contributed by atoms with Crippen molar-refractivity contribution in [2.24, 2.45) is 0 Å². The highest BCUT2D eigenvalue weighted by atomic mass is 32.1. The van der Waals surface area contributed by atoms with E-state index in [1.54, 1.807) is 4.90 Å². The van der Waals surface area contributed by atoms with Crippen molar-refractivity contribution in [3.63, 3.8) is 0 Å². The zero-order valence-corrected chi connectivity index (χ0v) is 12.8. The lowest BCUT2D eigenvalue weighted by molar-refractivity contribution is 0.257. The normalized spacial score (nSPS) is 16.8. The third-order valence-corrected chi connectivity index (χ3v) is 4.75. The van der Waals surface area contributed by atoms with Crippen molar-refractivity contribution in [3.8, 4) is 0 Å². The minimum atomic E-state index is -0.113. The summed E-state index contributed by atoms with van der Waals surface area (Å²) in [6, 6.07) is 13.6. The molecule has 4 rings (SSSR count). The molecule has 1 aliphatic rings. The third kappa shape index (κ3) is 2.03. The van der Waals surface area contributed by atoms with Gasteiger partial charge in [0.1, 0.15) is 5.52 Å². The van der Waals surface area contributed by atoms with Crippen LogP contribution in [0.1, 0.15) is 18.4 Å². The Morgan fingerprint density at radius 1 is 1.27 bits per heavy atom. The number of carbonyl (C=O) groups is 1. The van der Waals surface area contributed by atoms with Crippen LogP contribution in [0.3, 0.4) is 0 Å². The van der Waals surface area contributed by atoms with Crippen molar-refractivity contribution in [2.45, 2.75) is 12.8 Å². The number of nitrogens with zero attached hydrogens (tertiary/aromatic N) is 3. The molecule has 2 amide bonds. The molecule has 0 saturated heterocycles. The molecule has 6 heteroatoms. The summed E-state index contributed by atoms with van der Waals surface area (Å²) < 4.78 is 4.84. The number of fused-ring (bicyclic) bond motifs is 2. The zero-order valence-electron chi connectivity index (χ0n) is 12.0. The molecule has 0 spiro atoms. The van der Waals surface area contributed by atoms with Gasteiger partial charge in [-0.15, -0.1) is 5.10 Å². The van der Waals surface area contributed by atoms with Gasteiger partial charge in [0.15, 0.2) is 0 Å². The second kappa shape index (κ2) is 5.06. The molecule has 1 atom stereocenters. The summed E-state index contributed by atoms with van der Waals surface area (Å²) in [6.45, 7) is 2.84. The minimum absolute atomic E-state index is 0.113. The predicted octanol–water partition coefficient (Wildman–Crippen LogP) is 3.85. The number of rotatable bonds is 1. The van der Waals surface area contributed by atoms with Crippen LogP contribution in [0.2, 0.25) is 0 Å². The smallest absolute Gasteiger partial charge is 0.306 e. The van der Waals surface area contributed by atoms with Crippen molar-refractivity contribution in [3.05, 3.63) is 48.0 Å². The van der Waals surface area contributed by atoms with Gasteiger partial charge in [-0.1, -0.05) is 35.7 Å². The SMILES string of the molecule is C[C@@H]1CN(C(=O)Nc2cccc3nnsc23)c2ccccc21. The molecule has 0 saturated carbocycles. The Hall–Kier alpha value is -2.47. The Balaban J connectivity index is 1.65. The molecule has 1 N–H and O–H groups in total. The number of carbonyl (C=O) groups excluding carboxylic acids is 1. The molecule has 1 aromatic heterocycles. The first-order chi connectivity index (χ1) is 10.7. The molecule has 0 aliphatic carbocycles. The van der Waals surface area contributed by atoms with E-state index in [-0.39, 0.29) is 6.03 Å². The molecule has 2 heterocycles. The lowest BCUT2D eigenvalue weighted by Gasteiger charge is -2.18. The van der Waals surface area contributed by atoms with Gasteiger partial charge in [-0.25, -0.2) is 4.79 Å². The first-order valence-corrected chi connectivity index (χ1v) is 7.90. The number of hydrogen-bond acceptors (Lipinski definition) is 4. The number of benzene rings is 2. The number of aromatic nitrogens is 2. The summed E-state index contributed by atoms with van der Waals surface area (Å²) in [5, 5.41) is 7.03. The summed E-state index contributed by atoms with van der Waals surface area (Å²) in [4.78, 5) is 14.5. The van der Waals surface area contributed by atoms with E-state index >= 15 is 0 Å². The molecular weight excluding hydrogens is 296 g/mol. The number of para-hydroxylation sites is 1. The maximum absolute atomic E-state index is 12.7. The second-order valence-electron chi connectivity index (χ2n) is 5.43. The fraction of sp³-hybridized carbons (Fsp3) is 0.188. The molecule has 0 radical (unpaired) electrons. The van der Waals surface area contributed by atoms with E-state index in [2.05, 4.69) is 27.9 Å². The molecule has 3 aromatic rings. The lowest BCUT2D eigenvalue weighted by atomic mass is 10.0. The largest absolute Gasteiger partial charge is 0.326 e. The highest BCUT2D eigenvalue weighted by Gasteiger charge is 2.29. The van der Waals surface area contributed by atoms with Crippen LogP contribution in [0.15, 0.2) is 42.5 Å². The number of amides is 2. The summed E-state index contributed by atoms with van der Waals surface area (Å²) in [5.74, 6) is 0.350. The van der Waals surface area contributed by atoms with Gasteiger partial charge < -0.3 is 5.32 Å². The van der Waals surface area contributed by atoms with Gasteiger partial charge in [0, 0.05) is 18.2 Å². The van der Waals surface area contributed by atoms with E-state index in [1.807, 2.05) is 36.4 Å². The first kappa shape index (κ1) is 13.2. The Labute approximate surface area is 131 Å². The van der Waals surface area contributed by atoms with Gasteiger partial charge in [-0.3, -0.25) is 4.90 Å². The van der Waals surface area contributed by atoms with Gasteiger partial charge in [-0.2, -0.15) is 0 Å². The van der Waals surface area contributed by atoms with E-state index in [4.69, 9.17) is 0 Å². The van der Waals surface area contributed by atoms with Crippen LogP contribution >= 0.6 is 11.5 Å². The van der Waals surface area contributed by atoms with Gasteiger partial charge in [0.2, 0.25) is 0 Å². The van der Waals surface area contributed by atoms with Crippen LogP contribution in [0.5, 0.6) is 0 Å². The third-order valence-electron chi connectivity index (χ3n) is 3.98. The van der Waals surface area contributed by atoms with Crippen molar-refractivity contribution in [2.75, 3.05) is 16.8 Å². The maximum Gasteiger partial charge on any atom is 0.326 e. The number of hydrogen-bond donors (Lipinski definition) is 1. The molecule has 0 fully saturated rings. The average molecular weight is 310 g/mol. The highest BCUT2D eigenvalue weighted by molar-refractivity contribution is 7.13. The van der Waals surface area contributed by atoms with E-state index in [0.29, 0.717) is 12.5 Å². The summed E-state index contributed by atoms with van der Waals surface area (Å²) in [7, 11) is 0. The molecule has 0 unspecified atom stereocenters. The van der Waals surface area contributed by atoms with Crippen LogP contribution in [-0.4, -0.2) is 22.2 Å². The Kier molecular flexibility index (Phi) is 3.04. The van der Waals surface area contributed by atoms with Crippen molar-refractivity contribution < 1.29 is 4.79 Å². The standard InChI is InChI=1S/C16H14N4OS/c1-10-9-20(14-8-3-2-5-11(10)14)16(21)17-12-6-4-7-13-15(12)22-19-18-13/h2-8,10H,9H2,1H3,(H,17,21)/t10-/m1/s1. The monoisotopic (exact) mass is 310 g/mol. The van der Waals surface area contributed by atoms with Crippen LogP contribution in [0.25, 0.3) is 10.2 Å². The number of nitrogens with one attached hydrogen (secondary N) is 1. The summed E-state index contributed by atoms with van der Waals surface area (Å²) in [6.07, 6.45) is 0. The Bertz CT molecular complexity index is 860. The van der Waals surface area contributed by atoms with Crippen LogP contribution in [-0.2, 0) is 0 Å². The van der Waals surface area contributed by atoms with E-state index in [9.17, 15) is 4.79 Å². The second-order valence-corrected chi connectivity index (χ2v) is 6.18. The molecule has 2 aromatic carbocycles. The highest BCUT2D eigenvalue weighted by Crippen LogP contribution is 2.36. The molecule has 5 nitrogen and oxygen atoms in total. The molecule has 0 bridgehead atoms. The Morgan fingerprint density at radius 2 is 2.14 bits per heavy atom. The van der Waals surface area contributed by atoms with Crippen LogP contribution in [0.4, 0.5) is 16.2 Å². The van der Waals surface area contributed by atoms with Gasteiger partial charge >= 0.3 is 6.03 Å². The molecule has 1 aliphatic heterocycles. The zero-order chi connectivity index (χ0) is 15.1. The van der Waals surface area contributed by atoms with E-state index in [0.717, 1.165) is 21.6 Å². The summed E-state index contributed by atoms with van der Waals surface area (Å²) >= 11 is 1.29. The van der Waals surface area contributed by atoms with Crippen LogP contribution < -0.4 is 10.2 Å². The molecule has 22 heavy (non-hydrogen) atoms. The van der Waals surface area contributed by atoms with Crippen LogP contribution in [0, 0.1) is 0 Å². The average Bonchev–Trinajstić information content (AvgIpc) is 3.13. The van der Waals surface area contributed by atoms with Crippen molar-refractivity contribution in [1.29, 1.82) is 0 Å². The topological polar surface area (TPSA) is 58.1 Å². The van der Waals surface area contributed by atoms with E-state index in [1.165, 1.54) is 17.1 Å². The van der Waals surface area contributed by atoms with Crippen molar-refractivity contribution >= 4 is 39.2 Å². The van der Waals surface area contributed by atoms with Gasteiger partial charge in [0.25, 0.3) is 0 Å². The Morgan fingerprint density at radius 3 is 3.05 bits per heavy atom. The fourth-order valence-electron chi connectivity index (χ4n) is 2.90. The maximum atomic E-state index is 12.7. The van der Waals surface area contributed by atoms with E-state index < -0.39 is 0 Å². The predicted molar refractivity (Wildman–Crippen MR) is 88.6 cm³/mol. The van der Waals surface area contributed by atoms with Gasteiger partial charge in [0.05, 0.1) is 10.4 Å². The molecule has 110 valence electrons. The van der Waals surface area contributed by atoms with Gasteiger partial charge in [-0.05, 0) is 35.3 Å². The lowest BCUT2D eigenvalue weighted by Crippen LogP contribution is -2.33.